The summed E-state index contributed by atoms with van der Waals surface area (Å²) in [6, 6.07) is 0. The van der Waals surface area contributed by atoms with Crippen molar-refractivity contribution in [3.8, 4) is 0 Å². The number of carbonyl (C=O) groups is 1. The van der Waals surface area contributed by atoms with E-state index in [0.717, 1.165) is 23.9 Å². The van der Waals surface area contributed by atoms with Crippen LogP contribution in [0.25, 0.3) is 0 Å². The molecular formula is C22H42N3O+. The lowest BCUT2D eigenvalue weighted by Gasteiger charge is -2.41. The molecule has 0 aromatic carbocycles. The van der Waals surface area contributed by atoms with Crippen LogP contribution < -0.4 is 10.6 Å². The maximum Gasteiger partial charge on any atom is 0.221 e. The van der Waals surface area contributed by atoms with Crippen LogP contribution in [0.15, 0.2) is 24.6 Å². The molecule has 0 bridgehead atoms. The van der Waals surface area contributed by atoms with Crippen molar-refractivity contribution in [1.29, 1.82) is 0 Å². The number of hydrogen-bond acceptors (Lipinski definition) is 2. The molecule has 3 unspecified atom stereocenters. The second kappa shape index (κ2) is 13.0. The fraction of sp³-hybridized carbons (Fsp3) is 0.773. The van der Waals surface area contributed by atoms with Crippen LogP contribution in [0.3, 0.4) is 0 Å². The lowest BCUT2D eigenvalue weighted by Crippen LogP contribution is -2.62. The number of amides is 1. The Hall–Kier alpha value is -1.29. The van der Waals surface area contributed by atoms with Crippen LogP contribution in [0.5, 0.6) is 0 Å². The fourth-order valence-corrected chi connectivity index (χ4v) is 3.98. The van der Waals surface area contributed by atoms with Gasteiger partial charge in [0.15, 0.2) is 12.3 Å². The molecule has 26 heavy (non-hydrogen) atoms. The fourth-order valence-electron chi connectivity index (χ4n) is 3.98. The number of quaternary nitrogens is 1. The number of nitrogens with zero attached hydrogens (tertiary/aromatic N) is 1. The normalized spacial score (nSPS) is 23.3. The first kappa shape index (κ1) is 22.8. The molecule has 0 saturated carbocycles. The Morgan fingerprint density at radius 2 is 1.77 bits per heavy atom. The van der Waals surface area contributed by atoms with Gasteiger partial charge in [0.25, 0.3) is 0 Å². The minimum Gasteiger partial charge on any atom is -0.338 e. The third kappa shape index (κ3) is 7.53. The molecule has 4 nitrogen and oxygen atoms in total. The molecule has 1 aliphatic rings. The molecule has 2 N–H and O–H groups in total. The molecule has 3 atom stereocenters. The minimum absolute atomic E-state index is 0.0418. The number of unbranched alkanes of at least 4 members (excludes halogenated alkanes) is 7. The van der Waals surface area contributed by atoms with Gasteiger partial charge < -0.3 is 10.6 Å². The summed E-state index contributed by atoms with van der Waals surface area (Å²) in [6.45, 7) is 9.14. The highest BCUT2D eigenvalue weighted by Crippen LogP contribution is 2.25. The van der Waals surface area contributed by atoms with Gasteiger partial charge in [0.2, 0.25) is 5.91 Å². The molecule has 0 saturated heterocycles. The Kier molecular flexibility index (Phi) is 11.3. The lowest BCUT2D eigenvalue weighted by atomic mass is 10.1. The molecule has 1 aliphatic heterocycles. The van der Waals surface area contributed by atoms with Crippen molar-refractivity contribution >= 4 is 5.91 Å². The van der Waals surface area contributed by atoms with Gasteiger partial charge in [-0.15, -0.1) is 0 Å². The number of carbonyl (C=O) groups excluding carboxylic acids is 1. The summed E-state index contributed by atoms with van der Waals surface area (Å²) in [6.07, 6.45) is 22.3. The first-order valence-corrected chi connectivity index (χ1v) is 10.8. The molecular weight excluding hydrogens is 322 g/mol. The monoisotopic (exact) mass is 364 g/mol. The number of allylic oxidation sites excluding steroid dienone is 2. The summed E-state index contributed by atoms with van der Waals surface area (Å²) in [5.74, 6) is 0.0418. The smallest absolute Gasteiger partial charge is 0.221 e. The van der Waals surface area contributed by atoms with E-state index >= 15 is 0 Å². The van der Waals surface area contributed by atoms with Crippen molar-refractivity contribution in [2.45, 2.75) is 104 Å². The van der Waals surface area contributed by atoms with Gasteiger partial charge in [0.1, 0.15) is 6.20 Å². The van der Waals surface area contributed by atoms with Gasteiger partial charge in [-0.1, -0.05) is 51.2 Å². The van der Waals surface area contributed by atoms with Crippen LogP contribution in [-0.2, 0) is 4.79 Å². The van der Waals surface area contributed by atoms with Crippen molar-refractivity contribution in [2.75, 3.05) is 6.54 Å². The Morgan fingerprint density at radius 1 is 1.12 bits per heavy atom. The molecule has 0 fully saturated rings. The van der Waals surface area contributed by atoms with Crippen molar-refractivity contribution < 1.29 is 9.28 Å². The van der Waals surface area contributed by atoms with Gasteiger partial charge in [0, 0.05) is 20.3 Å². The average molecular weight is 365 g/mol. The maximum atomic E-state index is 11.5. The van der Waals surface area contributed by atoms with Gasteiger partial charge >= 0.3 is 0 Å². The van der Waals surface area contributed by atoms with Crippen molar-refractivity contribution in [3.05, 3.63) is 24.6 Å². The lowest BCUT2D eigenvalue weighted by molar-refractivity contribution is -0.923. The minimum atomic E-state index is 0.0418. The molecule has 0 aliphatic carbocycles. The summed E-state index contributed by atoms with van der Waals surface area (Å²) in [4.78, 5) is 11.5. The summed E-state index contributed by atoms with van der Waals surface area (Å²) in [7, 11) is 0. The molecule has 0 radical (unpaired) electrons. The second-order valence-corrected chi connectivity index (χ2v) is 7.64. The molecule has 4 heteroatoms. The van der Waals surface area contributed by atoms with Crippen molar-refractivity contribution in [1.82, 2.24) is 10.6 Å². The Bertz CT molecular complexity index is 447. The number of rotatable bonds is 14. The van der Waals surface area contributed by atoms with Gasteiger partial charge in [-0.3, -0.25) is 9.28 Å². The van der Waals surface area contributed by atoms with Crippen LogP contribution in [0.1, 0.15) is 91.9 Å². The van der Waals surface area contributed by atoms with Crippen molar-refractivity contribution in [3.63, 3.8) is 0 Å². The molecule has 1 heterocycles. The standard InChI is InChI=1S/C22H41N3O/c1-5-7-8-9-10-11-12-13-14-15-16-17-22-23-18-19-25(22,6-2)20(3)24-21(4)26/h13-14,18-20,22-23H,5-12,15-17H2,1-4H3/p+1/b14-13+. The Morgan fingerprint density at radius 3 is 2.42 bits per heavy atom. The van der Waals surface area contributed by atoms with Gasteiger partial charge in [0.05, 0.1) is 12.7 Å². The molecule has 150 valence electrons. The van der Waals surface area contributed by atoms with E-state index in [1.165, 1.54) is 51.4 Å². The van der Waals surface area contributed by atoms with E-state index in [1.807, 2.05) is 0 Å². The summed E-state index contributed by atoms with van der Waals surface area (Å²) in [5.41, 5.74) is 0. The maximum absolute atomic E-state index is 11.5. The Balaban J connectivity index is 2.25. The second-order valence-electron chi connectivity index (χ2n) is 7.64. The zero-order chi connectivity index (χ0) is 19.3. The molecule has 0 aromatic rings. The van der Waals surface area contributed by atoms with E-state index in [9.17, 15) is 4.79 Å². The molecule has 1 rings (SSSR count). The van der Waals surface area contributed by atoms with Crippen LogP contribution >= 0.6 is 0 Å². The molecule has 0 spiro atoms. The first-order valence-electron chi connectivity index (χ1n) is 10.8. The summed E-state index contributed by atoms with van der Waals surface area (Å²) in [5, 5.41) is 6.58. The predicted octanol–water partition coefficient (Wildman–Crippen LogP) is 5.18. The van der Waals surface area contributed by atoms with E-state index in [-0.39, 0.29) is 12.1 Å². The van der Waals surface area contributed by atoms with Crippen molar-refractivity contribution in [2.24, 2.45) is 0 Å². The Labute approximate surface area is 161 Å². The van der Waals surface area contributed by atoms with Gasteiger partial charge in [-0.25, -0.2) is 0 Å². The average Bonchev–Trinajstić information content (AvgIpc) is 3.03. The van der Waals surface area contributed by atoms with E-state index in [0.29, 0.717) is 6.17 Å². The summed E-state index contributed by atoms with van der Waals surface area (Å²) < 4.78 is 0.793. The molecule has 0 aromatic heterocycles. The van der Waals surface area contributed by atoms with E-state index in [4.69, 9.17) is 0 Å². The largest absolute Gasteiger partial charge is 0.338 e. The summed E-state index contributed by atoms with van der Waals surface area (Å²) >= 11 is 0. The van der Waals surface area contributed by atoms with E-state index in [2.05, 4.69) is 56.0 Å². The zero-order valence-electron chi connectivity index (χ0n) is 17.6. The van der Waals surface area contributed by atoms with Gasteiger partial charge in [-0.05, 0) is 32.6 Å². The highest BCUT2D eigenvalue weighted by Gasteiger charge is 2.41. The topological polar surface area (TPSA) is 41.1 Å². The van der Waals surface area contributed by atoms with Crippen LogP contribution in [0.4, 0.5) is 0 Å². The first-order chi connectivity index (χ1) is 12.6. The highest BCUT2D eigenvalue weighted by atomic mass is 16.1. The SMILES string of the molecule is CCCCCCCC/C=C/CCCC1NC=C[N+]1(CC)C(C)NC(C)=O. The molecule has 1 amide bonds. The van der Waals surface area contributed by atoms with Crippen LogP contribution in [0, 0.1) is 0 Å². The van der Waals surface area contributed by atoms with E-state index < -0.39 is 0 Å². The highest BCUT2D eigenvalue weighted by molar-refractivity contribution is 5.72. The third-order valence-corrected chi connectivity index (χ3v) is 5.64. The quantitative estimate of drug-likeness (QED) is 0.253. The van der Waals surface area contributed by atoms with E-state index in [1.54, 1.807) is 6.92 Å². The zero-order valence-corrected chi connectivity index (χ0v) is 17.6. The van der Waals surface area contributed by atoms with Crippen LogP contribution in [0.2, 0.25) is 0 Å². The third-order valence-electron chi connectivity index (χ3n) is 5.64. The number of hydrogen-bond donors (Lipinski definition) is 2. The van der Waals surface area contributed by atoms with Gasteiger partial charge in [-0.2, -0.15) is 0 Å². The predicted molar refractivity (Wildman–Crippen MR) is 111 cm³/mol. The number of nitrogens with one attached hydrogen (secondary N) is 2. The van der Waals surface area contributed by atoms with Crippen LogP contribution in [-0.4, -0.2) is 29.3 Å².